The quantitative estimate of drug-likeness (QED) is 0.817. The summed E-state index contributed by atoms with van der Waals surface area (Å²) >= 11 is 1.66. The number of aromatic nitrogens is 1. The Morgan fingerprint density at radius 2 is 2.14 bits per heavy atom. The Balaban J connectivity index is 1.76. The molecule has 2 aromatic rings. The number of hydrogen-bond donors (Lipinski definition) is 1. The maximum atomic E-state index is 13.2. The fourth-order valence-corrected chi connectivity index (χ4v) is 3.96. The number of aryl methyl sites for hydroxylation is 2. The van der Waals surface area contributed by atoms with Crippen molar-refractivity contribution in [1.82, 2.24) is 4.98 Å². The zero-order chi connectivity index (χ0) is 14.4. The number of nitrogens with one attached hydrogen (secondary N) is 1. The molecule has 1 aliphatic heterocycles. The summed E-state index contributed by atoms with van der Waals surface area (Å²) in [5.41, 5.74) is 3.02. The van der Waals surface area contributed by atoms with Gasteiger partial charge in [-0.15, -0.1) is 11.3 Å². The maximum Gasteiger partial charge on any atom is 0.256 e. The molecule has 0 fully saturated rings. The molecular weight excluding hydrogens is 287 g/mol. The van der Waals surface area contributed by atoms with Crippen LogP contribution in [-0.2, 0) is 17.6 Å². The molecule has 106 valence electrons. The Morgan fingerprint density at radius 3 is 3.00 bits per heavy atom. The Kier molecular flexibility index (Phi) is 2.89. The Labute approximate surface area is 125 Å². The van der Waals surface area contributed by atoms with Gasteiger partial charge in [0.05, 0.1) is 17.0 Å². The molecule has 3 nitrogen and oxygen atoms in total. The third-order valence-electron chi connectivity index (χ3n) is 3.89. The van der Waals surface area contributed by atoms with E-state index in [0.29, 0.717) is 11.3 Å². The van der Waals surface area contributed by atoms with Crippen LogP contribution in [0.2, 0.25) is 0 Å². The maximum absolute atomic E-state index is 13.2. The molecule has 5 heteroatoms. The smallest absolute Gasteiger partial charge is 0.256 e. The van der Waals surface area contributed by atoms with Crippen LogP contribution in [0.25, 0.3) is 11.6 Å². The lowest BCUT2D eigenvalue weighted by atomic mass is 10.0. The second-order valence-electron chi connectivity index (χ2n) is 5.33. The number of carbonyl (C=O) groups is 1. The van der Waals surface area contributed by atoms with Crippen LogP contribution in [0.4, 0.5) is 10.1 Å². The molecule has 4 rings (SSSR count). The molecule has 0 saturated heterocycles. The predicted molar refractivity (Wildman–Crippen MR) is 81.7 cm³/mol. The van der Waals surface area contributed by atoms with E-state index in [1.54, 1.807) is 17.4 Å². The molecule has 2 heterocycles. The third kappa shape index (κ3) is 2.17. The van der Waals surface area contributed by atoms with Crippen molar-refractivity contribution in [2.24, 2.45) is 0 Å². The molecule has 0 unspecified atom stereocenters. The fraction of sp³-hybridized carbons (Fsp3) is 0.250. The summed E-state index contributed by atoms with van der Waals surface area (Å²) in [6.07, 6.45) is 6.35. The van der Waals surface area contributed by atoms with Crippen molar-refractivity contribution in [3.63, 3.8) is 0 Å². The highest BCUT2D eigenvalue weighted by Gasteiger charge is 2.25. The lowest BCUT2D eigenvalue weighted by molar-refractivity contribution is -0.110. The van der Waals surface area contributed by atoms with Crippen molar-refractivity contribution in [1.29, 1.82) is 0 Å². The van der Waals surface area contributed by atoms with Gasteiger partial charge in [-0.2, -0.15) is 0 Å². The monoisotopic (exact) mass is 300 g/mol. The van der Waals surface area contributed by atoms with Gasteiger partial charge >= 0.3 is 0 Å². The molecule has 0 radical (unpaired) electrons. The van der Waals surface area contributed by atoms with Gasteiger partial charge in [0, 0.05) is 10.4 Å². The summed E-state index contributed by atoms with van der Waals surface area (Å²) < 4.78 is 13.2. The topological polar surface area (TPSA) is 42.0 Å². The molecule has 0 bridgehead atoms. The standard InChI is InChI=1S/C16H13FN2OS/c17-9-5-6-10-11(16(20)19-13(10)7-9)8-15-18-12-3-1-2-4-14(12)21-15/h5-8H,1-4H2,(H,19,20). The van der Waals surface area contributed by atoms with Crippen LogP contribution in [0, 0.1) is 5.82 Å². The number of nitrogens with zero attached hydrogens (tertiary/aromatic N) is 1. The molecule has 1 amide bonds. The van der Waals surface area contributed by atoms with Crippen molar-refractivity contribution >= 4 is 34.6 Å². The van der Waals surface area contributed by atoms with Crippen LogP contribution in [0.5, 0.6) is 0 Å². The van der Waals surface area contributed by atoms with Crippen molar-refractivity contribution in [2.75, 3.05) is 5.32 Å². The SMILES string of the molecule is O=C1Nc2cc(F)ccc2C1=Cc1nc2c(s1)CCCC2. The molecular formula is C16H13FN2OS. The van der Waals surface area contributed by atoms with Crippen LogP contribution in [0.3, 0.4) is 0 Å². The van der Waals surface area contributed by atoms with Gasteiger partial charge in [0.2, 0.25) is 0 Å². The van der Waals surface area contributed by atoms with Crippen LogP contribution < -0.4 is 5.32 Å². The van der Waals surface area contributed by atoms with Crippen molar-refractivity contribution in [3.8, 4) is 0 Å². The molecule has 1 aromatic carbocycles. The van der Waals surface area contributed by atoms with Gasteiger partial charge in [-0.3, -0.25) is 4.79 Å². The second-order valence-corrected chi connectivity index (χ2v) is 6.45. The van der Waals surface area contributed by atoms with Crippen molar-refractivity contribution in [2.45, 2.75) is 25.7 Å². The minimum absolute atomic E-state index is 0.191. The third-order valence-corrected chi connectivity index (χ3v) is 5.00. The van der Waals surface area contributed by atoms with E-state index in [1.165, 1.54) is 35.5 Å². The first-order valence-electron chi connectivity index (χ1n) is 7.02. The normalized spacial score (nSPS) is 18.5. The highest BCUT2D eigenvalue weighted by atomic mass is 32.1. The number of thiazole rings is 1. The summed E-state index contributed by atoms with van der Waals surface area (Å²) in [6.45, 7) is 0. The van der Waals surface area contributed by atoms with Gasteiger partial charge in [-0.25, -0.2) is 9.37 Å². The summed E-state index contributed by atoms with van der Waals surface area (Å²) in [5.74, 6) is -0.538. The highest BCUT2D eigenvalue weighted by Crippen LogP contribution is 2.35. The van der Waals surface area contributed by atoms with E-state index in [2.05, 4.69) is 10.3 Å². The van der Waals surface area contributed by atoms with Gasteiger partial charge in [0.1, 0.15) is 10.8 Å². The van der Waals surface area contributed by atoms with E-state index < -0.39 is 0 Å². The second kappa shape index (κ2) is 4.77. The number of anilines is 1. The van der Waals surface area contributed by atoms with Gasteiger partial charge in [0.15, 0.2) is 0 Å². The number of benzene rings is 1. The van der Waals surface area contributed by atoms with Crippen LogP contribution in [-0.4, -0.2) is 10.9 Å². The average molecular weight is 300 g/mol. The molecule has 21 heavy (non-hydrogen) atoms. The molecule has 0 spiro atoms. The van der Waals surface area contributed by atoms with Crippen molar-refractivity contribution in [3.05, 3.63) is 45.2 Å². The van der Waals surface area contributed by atoms with E-state index in [4.69, 9.17) is 0 Å². The predicted octanol–water partition coefficient (Wildman–Crippen LogP) is 3.65. The molecule has 1 N–H and O–H groups in total. The first-order valence-corrected chi connectivity index (χ1v) is 7.84. The van der Waals surface area contributed by atoms with Crippen LogP contribution in [0.1, 0.15) is 34.0 Å². The largest absolute Gasteiger partial charge is 0.321 e. The minimum atomic E-state index is -0.347. The van der Waals surface area contributed by atoms with E-state index >= 15 is 0 Å². The zero-order valence-corrected chi connectivity index (χ0v) is 12.1. The number of halogens is 1. The Bertz CT molecular complexity index is 755. The van der Waals surface area contributed by atoms with Gasteiger partial charge in [-0.1, -0.05) is 0 Å². The highest BCUT2D eigenvalue weighted by molar-refractivity contribution is 7.12. The fourth-order valence-electron chi connectivity index (χ4n) is 2.87. The van der Waals surface area contributed by atoms with E-state index in [0.717, 1.165) is 23.4 Å². The number of rotatable bonds is 1. The van der Waals surface area contributed by atoms with E-state index in [9.17, 15) is 9.18 Å². The number of carbonyl (C=O) groups excluding carboxylic acids is 1. The molecule has 0 saturated carbocycles. The molecule has 1 aromatic heterocycles. The minimum Gasteiger partial charge on any atom is -0.321 e. The van der Waals surface area contributed by atoms with Crippen LogP contribution >= 0.6 is 11.3 Å². The summed E-state index contributed by atoms with van der Waals surface area (Å²) in [5, 5.41) is 3.56. The summed E-state index contributed by atoms with van der Waals surface area (Å²) in [7, 11) is 0. The van der Waals surface area contributed by atoms with Gasteiger partial charge < -0.3 is 5.32 Å². The van der Waals surface area contributed by atoms with Gasteiger partial charge in [-0.05, 0) is 50.0 Å². The lowest BCUT2D eigenvalue weighted by Gasteiger charge is -2.06. The van der Waals surface area contributed by atoms with Gasteiger partial charge in [0.25, 0.3) is 5.91 Å². The van der Waals surface area contributed by atoms with Crippen LogP contribution in [0.15, 0.2) is 18.2 Å². The number of amides is 1. The molecule has 2 aliphatic rings. The number of fused-ring (bicyclic) bond motifs is 2. The van der Waals surface area contributed by atoms with E-state index in [-0.39, 0.29) is 11.7 Å². The molecule has 1 aliphatic carbocycles. The average Bonchev–Trinajstić information content (AvgIpc) is 3.00. The zero-order valence-electron chi connectivity index (χ0n) is 11.3. The Morgan fingerprint density at radius 1 is 1.29 bits per heavy atom. The van der Waals surface area contributed by atoms with Crippen molar-refractivity contribution < 1.29 is 9.18 Å². The summed E-state index contributed by atoms with van der Waals surface area (Å²) in [4.78, 5) is 18.0. The lowest BCUT2D eigenvalue weighted by Crippen LogP contribution is -2.03. The first kappa shape index (κ1) is 12.7. The molecule has 0 atom stereocenters. The number of hydrogen-bond acceptors (Lipinski definition) is 3. The van der Waals surface area contributed by atoms with E-state index in [1.807, 2.05) is 6.08 Å². The Hall–Kier alpha value is -2.01. The summed E-state index contributed by atoms with van der Waals surface area (Å²) in [6, 6.07) is 4.36. The first-order chi connectivity index (χ1) is 10.2.